The van der Waals surface area contributed by atoms with E-state index in [-0.39, 0.29) is 11.9 Å². The Morgan fingerprint density at radius 3 is 2.96 bits per heavy atom. The zero-order valence-electron chi connectivity index (χ0n) is 13.0. The van der Waals surface area contributed by atoms with Gasteiger partial charge in [-0.15, -0.1) is 11.3 Å². The minimum atomic E-state index is -0.0681. The smallest absolute Gasteiger partial charge is 0.273 e. The summed E-state index contributed by atoms with van der Waals surface area (Å²) in [5, 5.41) is 1.54. The molecule has 0 saturated carbocycles. The number of aromatic nitrogens is 2. The molecular formula is C18H16ClN3OS. The molecule has 1 aliphatic heterocycles. The SMILES string of the molecule is O=C(c1cc(Cl)ccn1)N1CCCC[C@H]1c1nc2ccccc2s1. The molecule has 0 aliphatic carbocycles. The average Bonchev–Trinajstić information content (AvgIpc) is 3.05. The van der Waals surface area contributed by atoms with Crippen molar-refractivity contribution in [2.75, 3.05) is 6.54 Å². The van der Waals surface area contributed by atoms with Crippen molar-refractivity contribution in [2.24, 2.45) is 0 Å². The Balaban J connectivity index is 1.69. The third-order valence-electron chi connectivity index (χ3n) is 4.30. The highest BCUT2D eigenvalue weighted by atomic mass is 35.5. The quantitative estimate of drug-likeness (QED) is 0.667. The Hall–Kier alpha value is -1.98. The van der Waals surface area contributed by atoms with Gasteiger partial charge in [0.05, 0.1) is 16.3 Å². The fourth-order valence-electron chi connectivity index (χ4n) is 3.13. The van der Waals surface area contributed by atoms with E-state index >= 15 is 0 Å². The molecule has 4 nitrogen and oxygen atoms in total. The van der Waals surface area contributed by atoms with E-state index in [4.69, 9.17) is 16.6 Å². The highest BCUT2D eigenvalue weighted by Crippen LogP contribution is 2.36. The number of benzene rings is 1. The molecule has 6 heteroatoms. The van der Waals surface area contributed by atoms with Crippen LogP contribution in [0.3, 0.4) is 0 Å². The Labute approximate surface area is 149 Å². The van der Waals surface area contributed by atoms with E-state index in [2.05, 4.69) is 11.1 Å². The number of carbonyl (C=O) groups is 1. The molecule has 1 saturated heterocycles. The molecule has 1 fully saturated rings. The Kier molecular flexibility index (Phi) is 4.21. The predicted octanol–water partition coefficient (Wildman–Crippen LogP) is 4.71. The summed E-state index contributed by atoms with van der Waals surface area (Å²) in [6, 6.07) is 11.4. The van der Waals surface area contributed by atoms with Gasteiger partial charge in [0.2, 0.25) is 0 Å². The number of halogens is 1. The van der Waals surface area contributed by atoms with Crippen LogP contribution in [0.1, 0.15) is 40.8 Å². The number of fused-ring (bicyclic) bond motifs is 1. The molecule has 24 heavy (non-hydrogen) atoms. The first-order valence-electron chi connectivity index (χ1n) is 8.00. The van der Waals surface area contributed by atoms with Crippen LogP contribution in [0, 0.1) is 0 Å². The minimum Gasteiger partial charge on any atom is -0.328 e. The summed E-state index contributed by atoms with van der Waals surface area (Å²) in [6.45, 7) is 0.730. The fourth-order valence-corrected chi connectivity index (χ4v) is 4.41. The fraction of sp³-hybridized carbons (Fsp3) is 0.278. The summed E-state index contributed by atoms with van der Waals surface area (Å²) in [7, 11) is 0. The van der Waals surface area contributed by atoms with Crippen molar-refractivity contribution in [3.8, 4) is 0 Å². The third-order valence-corrected chi connectivity index (χ3v) is 5.67. The van der Waals surface area contributed by atoms with Gasteiger partial charge in [-0.3, -0.25) is 9.78 Å². The molecular weight excluding hydrogens is 342 g/mol. The molecule has 0 unspecified atom stereocenters. The summed E-state index contributed by atoms with van der Waals surface area (Å²) >= 11 is 7.69. The maximum Gasteiger partial charge on any atom is 0.273 e. The lowest BCUT2D eigenvalue weighted by Crippen LogP contribution is -2.38. The lowest BCUT2D eigenvalue weighted by atomic mass is 10.0. The summed E-state index contributed by atoms with van der Waals surface area (Å²) in [6.07, 6.45) is 4.62. The van der Waals surface area contributed by atoms with Crippen LogP contribution in [-0.2, 0) is 0 Å². The number of likely N-dealkylation sites (tertiary alicyclic amines) is 1. The van der Waals surface area contributed by atoms with Crippen molar-refractivity contribution >= 4 is 39.1 Å². The van der Waals surface area contributed by atoms with Gasteiger partial charge in [0.1, 0.15) is 10.7 Å². The molecule has 4 rings (SSSR count). The molecule has 3 heterocycles. The zero-order chi connectivity index (χ0) is 16.5. The van der Waals surface area contributed by atoms with E-state index in [1.54, 1.807) is 29.7 Å². The molecule has 3 aromatic rings. The molecule has 1 aliphatic rings. The van der Waals surface area contributed by atoms with Crippen molar-refractivity contribution in [3.05, 3.63) is 58.3 Å². The van der Waals surface area contributed by atoms with Gasteiger partial charge in [0.25, 0.3) is 5.91 Å². The topological polar surface area (TPSA) is 46.1 Å². The Morgan fingerprint density at radius 2 is 2.12 bits per heavy atom. The first kappa shape index (κ1) is 15.5. The number of hydrogen-bond acceptors (Lipinski definition) is 4. The summed E-state index contributed by atoms with van der Waals surface area (Å²) in [5.74, 6) is -0.0681. The van der Waals surface area contributed by atoms with Crippen LogP contribution < -0.4 is 0 Å². The molecule has 1 amide bonds. The van der Waals surface area contributed by atoms with E-state index in [1.807, 2.05) is 23.1 Å². The molecule has 1 aromatic carbocycles. The first-order valence-corrected chi connectivity index (χ1v) is 9.20. The molecule has 0 bridgehead atoms. The van der Waals surface area contributed by atoms with Gasteiger partial charge < -0.3 is 4.90 Å². The number of pyridine rings is 1. The number of nitrogens with zero attached hydrogens (tertiary/aromatic N) is 3. The van der Waals surface area contributed by atoms with Gasteiger partial charge in [0.15, 0.2) is 0 Å². The minimum absolute atomic E-state index is 0.0180. The number of rotatable bonds is 2. The molecule has 0 N–H and O–H groups in total. The number of thiazole rings is 1. The van der Waals surface area contributed by atoms with Crippen molar-refractivity contribution in [1.29, 1.82) is 0 Å². The number of amides is 1. The second-order valence-electron chi connectivity index (χ2n) is 5.89. The molecule has 0 spiro atoms. The summed E-state index contributed by atoms with van der Waals surface area (Å²) < 4.78 is 1.16. The van der Waals surface area contributed by atoms with E-state index in [1.165, 1.54) is 0 Å². The average molecular weight is 358 g/mol. The monoisotopic (exact) mass is 357 g/mol. The number of carbonyl (C=O) groups excluding carboxylic acids is 1. The van der Waals surface area contributed by atoms with Gasteiger partial charge >= 0.3 is 0 Å². The van der Waals surface area contributed by atoms with E-state index in [0.29, 0.717) is 10.7 Å². The second-order valence-corrected chi connectivity index (χ2v) is 7.39. The lowest BCUT2D eigenvalue weighted by Gasteiger charge is -2.34. The van der Waals surface area contributed by atoms with Crippen LogP contribution in [0.25, 0.3) is 10.2 Å². The van der Waals surface area contributed by atoms with Gasteiger partial charge in [-0.2, -0.15) is 0 Å². The lowest BCUT2D eigenvalue weighted by molar-refractivity contribution is 0.0605. The van der Waals surface area contributed by atoms with E-state index in [9.17, 15) is 4.79 Å². The van der Waals surface area contributed by atoms with Gasteiger partial charge in [-0.1, -0.05) is 23.7 Å². The van der Waals surface area contributed by atoms with Crippen LogP contribution in [-0.4, -0.2) is 27.3 Å². The zero-order valence-corrected chi connectivity index (χ0v) is 14.6. The van der Waals surface area contributed by atoms with Crippen LogP contribution in [0.5, 0.6) is 0 Å². The number of para-hydroxylation sites is 1. The van der Waals surface area contributed by atoms with Crippen LogP contribution >= 0.6 is 22.9 Å². The molecule has 2 aromatic heterocycles. The standard InChI is InChI=1S/C18H16ClN3OS/c19-12-8-9-20-14(11-12)18(23)22-10-4-3-6-15(22)17-21-13-5-1-2-7-16(13)24-17/h1-2,5,7-9,11,15H,3-4,6,10H2/t15-/m0/s1. The van der Waals surface area contributed by atoms with Gasteiger partial charge in [-0.25, -0.2) is 4.98 Å². The van der Waals surface area contributed by atoms with Crippen LogP contribution in [0.4, 0.5) is 0 Å². The summed E-state index contributed by atoms with van der Waals surface area (Å²) in [5.41, 5.74) is 1.40. The normalized spacial score (nSPS) is 18.0. The first-order chi connectivity index (χ1) is 11.7. The highest BCUT2D eigenvalue weighted by Gasteiger charge is 2.31. The maximum absolute atomic E-state index is 12.9. The van der Waals surface area contributed by atoms with Crippen molar-refractivity contribution in [3.63, 3.8) is 0 Å². The van der Waals surface area contributed by atoms with E-state index in [0.717, 1.165) is 41.0 Å². The number of hydrogen-bond donors (Lipinski definition) is 0. The van der Waals surface area contributed by atoms with Gasteiger partial charge in [-0.05, 0) is 43.5 Å². The second kappa shape index (κ2) is 6.49. The maximum atomic E-state index is 12.9. The van der Waals surface area contributed by atoms with Crippen molar-refractivity contribution in [2.45, 2.75) is 25.3 Å². The third kappa shape index (κ3) is 2.89. The molecule has 0 radical (unpaired) electrons. The van der Waals surface area contributed by atoms with Crippen molar-refractivity contribution < 1.29 is 4.79 Å². The van der Waals surface area contributed by atoms with Crippen molar-refractivity contribution in [1.82, 2.24) is 14.9 Å². The number of piperidine rings is 1. The Bertz CT molecular complexity index is 862. The van der Waals surface area contributed by atoms with Crippen LogP contribution in [0.15, 0.2) is 42.6 Å². The Morgan fingerprint density at radius 1 is 1.25 bits per heavy atom. The van der Waals surface area contributed by atoms with Crippen LogP contribution in [0.2, 0.25) is 5.02 Å². The van der Waals surface area contributed by atoms with Gasteiger partial charge in [0, 0.05) is 17.8 Å². The highest BCUT2D eigenvalue weighted by molar-refractivity contribution is 7.18. The summed E-state index contributed by atoms with van der Waals surface area (Å²) in [4.78, 5) is 23.8. The predicted molar refractivity (Wildman–Crippen MR) is 96.5 cm³/mol. The molecule has 122 valence electrons. The van der Waals surface area contributed by atoms with E-state index < -0.39 is 0 Å². The largest absolute Gasteiger partial charge is 0.328 e. The molecule has 1 atom stereocenters.